The first-order chi connectivity index (χ1) is 10.9. The molecule has 4 rings (SSSR count). The first kappa shape index (κ1) is 15.9. The third-order valence-electron chi connectivity index (χ3n) is 8.70. The summed E-state index contributed by atoms with van der Waals surface area (Å²) in [5.41, 5.74) is 2.23. The lowest BCUT2D eigenvalue weighted by Crippen LogP contribution is -2.50. The predicted molar refractivity (Wildman–Crippen MR) is 95.0 cm³/mol. The number of rotatable bonds is 1. The lowest BCUT2D eigenvalue weighted by molar-refractivity contribution is -0.134. The first-order valence-corrected chi connectivity index (χ1v) is 10.1. The molecule has 0 spiro atoms. The molecule has 3 saturated carbocycles. The zero-order valence-corrected chi connectivity index (χ0v) is 15.5. The van der Waals surface area contributed by atoms with Gasteiger partial charge in [0.2, 0.25) is 0 Å². The van der Waals surface area contributed by atoms with E-state index in [-0.39, 0.29) is 5.41 Å². The second-order valence-electron chi connectivity index (χ2n) is 9.77. The van der Waals surface area contributed by atoms with E-state index < -0.39 is 0 Å². The van der Waals surface area contributed by atoms with Crippen LogP contribution in [0.5, 0.6) is 0 Å². The van der Waals surface area contributed by atoms with Crippen LogP contribution in [0.3, 0.4) is 0 Å². The monoisotopic (exact) mass is 314 g/mol. The van der Waals surface area contributed by atoms with Crippen molar-refractivity contribution in [1.82, 2.24) is 0 Å². The lowest BCUT2D eigenvalue weighted by atomic mass is 9.47. The molecule has 1 nitrogen and oxygen atoms in total. The molecule has 0 aromatic heterocycles. The van der Waals surface area contributed by atoms with E-state index in [1.165, 1.54) is 38.5 Å². The van der Waals surface area contributed by atoms with Crippen LogP contribution in [0.25, 0.3) is 0 Å². The Labute approximate surface area is 142 Å². The van der Waals surface area contributed by atoms with Crippen LogP contribution in [0.4, 0.5) is 0 Å². The van der Waals surface area contributed by atoms with Crippen LogP contribution in [0, 0.1) is 40.4 Å². The smallest absolute Gasteiger partial charge is 0.142 e. The summed E-state index contributed by atoms with van der Waals surface area (Å²) < 4.78 is 0. The molecule has 23 heavy (non-hydrogen) atoms. The third-order valence-corrected chi connectivity index (χ3v) is 8.70. The molecule has 7 atom stereocenters. The molecule has 0 aromatic rings. The Morgan fingerprint density at radius 3 is 2.61 bits per heavy atom. The highest BCUT2D eigenvalue weighted by Crippen LogP contribution is 2.65. The van der Waals surface area contributed by atoms with Crippen LogP contribution < -0.4 is 0 Å². The van der Waals surface area contributed by atoms with Crippen molar-refractivity contribution in [2.24, 2.45) is 40.4 Å². The van der Waals surface area contributed by atoms with Gasteiger partial charge in [-0.1, -0.05) is 39.3 Å². The van der Waals surface area contributed by atoms with Crippen LogP contribution in [0.1, 0.15) is 79.1 Å². The Morgan fingerprint density at radius 2 is 1.87 bits per heavy atom. The zero-order chi connectivity index (χ0) is 16.4. The van der Waals surface area contributed by atoms with Gasteiger partial charge in [-0.2, -0.15) is 0 Å². The zero-order valence-electron chi connectivity index (χ0n) is 15.5. The largest absolute Gasteiger partial charge is 0.299 e. The topological polar surface area (TPSA) is 17.1 Å². The average molecular weight is 315 g/mol. The van der Waals surface area contributed by atoms with E-state index in [0.717, 1.165) is 30.6 Å². The van der Waals surface area contributed by atoms with Crippen LogP contribution in [-0.4, -0.2) is 5.78 Å². The van der Waals surface area contributed by atoms with Gasteiger partial charge in [0, 0.05) is 11.3 Å². The van der Waals surface area contributed by atoms with Crippen molar-refractivity contribution >= 4 is 5.78 Å². The van der Waals surface area contributed by atoms with Gasteiger partial charge >= 0.3 is 0 Å². The number of ketones is 1. The number of fused-ring (bicyclic) bond motifs is 5. The summed E-state index contributed by atoms with van der Waals surface area (Å²) in [6.45, 7) is 9.52. The summed E-state index contributed by atoms with van der Waals surface area (Å²) in [6, 6.07) is 0. The molecular weight excluding hydrogens is 280 g/mol. The second kappa shape index (κ2) is 5.20. The maximum atomic E-state index is 13.0. The maximum Gasteiger partial charge on any atom is 0.142 e. The first-order valence-electron chi connectivity index (χ1n) is 10.1. The number of hydrogen-bond donors (Lipinski definition) is 0. The third kappa shape index (κ3) is 2.07. The van der Waals surface area contributed by atoms with E-state index in [1.807, 2.05) is 0 Å². The molecule has 0 aromatic carbocycles. The summed E-state index contributed by atoms with van der Waals surface area (Å²) in [4.78, 5) is 13.0. The molecule has 0 saturated heterocycles. The molecule has 0 radical (unpaired) electrons. The number of allylic oxidation sites excluding steroid dienone is 2. The Balaban J connectivity index is 1.68. The maximum absolute atomic E-state index is 13.0. The fraction of sp³-hybridized carbons (Fsp3) is 0.864. The van der Waals surface area contributed by atoms with E-state index in [2.05, 4.69) is 33.8 Å². The standard InChI is InChI=1S/C22H34O/c1-5-15-13-19-17-7-6-16-12-14(2)8-10-21(16,3)18(17)9-11-22(19,4)20(15)23/h6,14-15,17-19H,5,7-13H2,1-4H3/t14-,15?,17+,18-,19-,21-,22-/m0/s1. The average Bonchev–Trinajstić information content (AvgIpc) is 2.79. The van der Waals surface area contributed by atoms with E-state index in [4.69, 9.17) is 0 Å². The molecule has 3 fully saturated rings. The van der Waals surface area contributed by atoms with E-state index in [9.17, 15) is 4.79 Å². The summed E-state index contributed by atoms with van der Waals surface area (Å²) >= 11 is 0. The van der Waals surface area contributed by atoms with Crippen molar-refractivity contribution in [3.8, 4) is 0 Å². The van der Waals surface area contributed by atoms with Gasteiger partial charge in [0.05, 0.1) is 0 Å². The number of hydrogen-bond acceptors (Lipinski definition) is 1. The minimum Gasteiger partial charge on any atom is -0.299 e. The minimum absolute atomic E-state index is 0.00546. The van der Waals surface area contributed by atoms with Gasteiger partial charge in [0.1, 0.15) is 5.78 Å². The predicted octanol–water partition coefficient (Wildman–Crippen LogP) is 5.79. The summed E-state index contributed by atoms with van der Waals surface area (Å²) in [5, 5.41) is 0. The van der Waals surface area contributed by atoms with Crippen molar-refractivity contribution < 1.29 is 4.79 Å². The van der Waals surface area contributed by atoms with Gasteiger partial charge in [0.15, 0.2) is 0 Å². The van der Waals surface area contributed by atoms with Crippen LogP contribution in [0.15, 0.2) is 11.6 Å². The molecular formula is C22H34O. The Morgan fingerprint density at radius 1 is 1.13 bits per heavy atom. The SMILES string of the molecule is CCC1C[C@H]2[C@@H]3CC=C4C[C@@H](C)CC[C@]4(C)[C@H]3CC[C@]2(C)C1=O. The highest BCUT2D eigenvalue weighted by Gasteiger charge is 2.60. The quantitative estimate of drug-likeness (QED) is 0.560. The van der Waals surface area contributed by atoms with Crippen molar-refractivity contribution in [2.75, 3.05) is 0 Å². The van der Waals surface area contributed by atoms with Crippen LogP contribution in [0.2, 0.25) is 0 Å². The normalized spacial score (nSPS) is 52.4. The fourth-order valence-electron chi connectivity index (χ4n) is 7.14. The van der Waals surface area contributed by atoms with Gasteiger partial charge in [0.25, 0.3) is 0 Å². The van der Waals surface area contributed by atoms with Gasteiger partial charge in [-0.05, 0) is 80.5 Å². The van der Waals surface area contributed by atoms with E-state index >= 15 is 0 Å². The number of carbonyl (C=O) groups excluding carboxylic acids is 1. The molecule has 1 heteroatoms. The van der Waals surface area contributed by atoms with Crippen molar-refractivity contribution in [3.05, 3.63) is 11.6 Å². The van der Waals surface area contributed by atoms with Crippen LogP contribution in [-0.2, 0) is 4.79 Å². The molecule has 4 aliphatic carbocycles. The summed E-state index contributed by atoms with van der Waals surface area (Å²) in [6.07, 6.45) is 12.7. The van der Waals surface area contributed by atoms with E-state index in [1.54, 1.807) is 5.57 Å². The van der Waals surface area contributed by atoms with Gasteiger partial charge < -0.3 is 0 Å². The molecule has 0 heterocycles. The van der Waals surface area contributed by atoms with Crippen molar-refractivity contribution in [1.29, 1.82) is 0 Å². The lowest BCUT2D eigenvalue weighted by Gasteiger charge is -2.57. The summed E-state index contributed by atoms with van der Waals surface area (Å²) in [7, 11) is 0. The van der Waals surface area contributed by atoms with Crippen molar-refractivity contribution in [3.63, 3.8) is 0 Å². The van der Waals surface area contributed by atoms with Gasteiger partial charge in [-0.3, -0.25) is 4.79 Å². The second-order valence-corrected chi connectivity index (χ2v) is 9.77. The molecule has 4 aliphatic rings. The van der Waals surface area contributed by atoms with Crippen LogP contribution >= 0.6 is 0 Å². The highest BCUT2D eigenvalue weighted by molar-refractivity contribution is 5.89. The molecule has 0 aliphatic heterocycles. The van der Waals surface area contributed by atoms with Gasteiger partial charge in [-0.25, -0.2) is 0 Å². The summed E-state index contributed by atoms with van der Waals surface area (Å²) in [5.74, 6) is 4.12. The number of carbonyl (C=O) groups is 1. The number of Topliss-reactive ketones (excluding diaryl/α,β-unsaturated/α-hetero) is 1. The molecule has 0 bridgehead atoms. The molecule has 0 N–H and O–H groups in total. The Hall–Kier alpha value is -0.590. The molecule has 1 unspecified atom stereocenters. The fourth-order valence-corrected chi connectivity index (χ4v) is 7.14. The minimum atomic E-state index is 0.00546. The highest BCUT2D eigenvalue weighted by atomic mass is 16.1. The Bertz CT molecular complexity index is 546. The molecule has 128 valence electrons. The van der Waals surface area contributed by atoms with Crippen molar-refractivity contribution in [2.45, 2.75) is 79.1 Å². The van der Waals surface area contributed by atoms with Gasteiger partial charge in [-0.15, -0.1) is 0 Å². The Kier molecular flexibility index (Phi) is 3.60. The molecule has 0 amide bonds. The van der Waals surface area contributed by atoms with E-state index in [0.29, 0.717) is 23.0 Å².